The lowest BCUT2D eigenvalue weighted by Gasteiger charge is -2.07. The molecular weight excluding hydrogens is 376 g/mol. The third-order valence-electron chi connectivity index (χ3n) is 4.66. The largest absolute Gasteiger partial charge is 0.497 e. The van der Waals surface area contributed by atoms with Crippen molar-refractivity contribution in [2.24, 2.45) is 0 Å². The molecule has 0 saturated carbocycles. The van der Waals surface area contributed by atoms with Gasteiger partial charge < -0.3 is 19.8 Å². The number of hydrogen-bond acceptors (Lipinski definition) is 4. The van der Waals surface area contributed by atoms with Crippen molar-refractivity contribution in [2.75, 3.05) is 24.3 Å². The van der Waals surface area contributed by atoms with E-state index in [0.717, 1.165) is 16.7 Å². The summed E-state index contributed by atoms with van der Waals surface area (Å²) in [5.74, 6) is 0.662. The van der Waals surface area contributed by atoms with Gasteiger partial charge in [0.05, 0.1) is 12.8 Å². The fourth-order valence-corrected chi connectivity index (χ4v) is 3.16. The summed E-state index contributed by atoms with van der Waals surface area (Å²) in [5, 5.41) is 7.08. The van der Waals surface area contributed by atoms with Crippen LogP contribution in [0.1, 0.15) is 16.1 Å². The highest BCUT2D eigenvalue weighted by atomic mass is 16.5. The third-order valence-corrected chi connectivity index (χ3v) is 4.66. The molecule has 5 heteroatoms. The summed E-state index contributed by atoms with van der Waals surface area (Å²) < 4.78 is 11.0. The molecule has 0 spiro atoms. The fraction of sp³-hybridized carbons (Fsp3) is 0.0800. The number of furan rings is 1. The number of rotatable bonds is 7. The van der Waals surface area contributed by atoms with E-state index in [1.54, 1.807) is 31.4 Å². The number of carbonyl (C=O) groups excluding carboxylic acids is 1. The molecule has 2 N–H and O–H groups in total. The predicted octanol–water partition coefficient (Wildman–Crippen LogP) is 5.82. The molecule has 1 amide bonds. The lowest BCUT2D eigenvalue weighted by atomic mass is 10.2. The SMILES string of the molecule is COc1ccc(NC(=O)c2oc3ccccc3c2NC/C=C/c2ccccc2)cc1. The molecule has 0 bridgehead atoms. The summed E-state index contributed by atoms with van der Waals surface area (Å²) in [7, 11) is 1.60. The molecule has 0 aliphatic carbocycles. The van der Waals surface area contributed by atoms with Gasteiger partial charge in [-0.05, 0) is 42.0 Å². The number of amides is 1. The van der Waals surface area contributed by atoms with Crippen LogP contribution in [0.3, 0.4) is 0 Å². The van der Waals surface area contributed by atoms with E-state index in [2.05, 4.69) is 10.6 Å². The highest BCUT2D eigenvalue weighted by Crippen LogP contribution is 2.31. The van der Waals surface area contributed by atoms with Gasteiger partial charge >= 0.3 is 0 Å². The van der Waals surface area contributed by atoms with Crippen molar-refractivity contribution >= 4 is 34.3 Å². The smallest absolute Gasteiger partial charge is 0.293 e. The summed E-state index contributed by atoms with van der Waals surface area (Å²) in [6.07, 6.45) is 4.05. The van der Waals surface area contributed by atoms with Gasteiger partial charge in [0.25, 0.3) is 5.91 Å². The van der Waals surface area contributed by atoms with Crippen molar-refractivity contribution in [1.82, 2.24) is 0 Å². The standard InChI is InChI=1S/C25H22N2O3/c1-29-20-15-13-19(14-16-20)27-25(28)24-23(21-11-5-6-12-22(21)30-24)26-17-7-10-18-8-3-2-4-9-18/h2-16,26H,17H2,1H3,(H,27,28)/b10-7+. The van der Waals surface area contributed by atoms with Crippen LogP contribution in [-0.4, -0.2) is 19.6 Å². The Balaban J connectivity index is 1.54. The van der Waals surface area contributed by atoms with Gasteiger partial charge in [-0.2, -0.15) is 0 Å². The summed E-state index contributed by atoms with van der Waals surface area (Å²) in [4.78, 5) is 12.9. The molecule has 150 valence electrons. The molecule has 4 aromatic rings. The Bertz CT molecular complexity index is 1160. The van der Waals surface area contributed by atoms with E-state index in [9.17, 15) is 4.79 Å². The Morgan fingerprint density at radius 2 is 1.70 bits per heavy atom. The van der Waals surface area contributed by atoms with E-state index >= 15 is 0 Å². The Hall–Kier alpha value is -3.99. The maximum absolute atomic E-state index is 12.9. The fourth-order valence-electron chi connectivity index (χ4n) is 3.16. The molecule has 1 aromatic heterocycles. The van der Waals surface area contributed by atoms with Gasteiger partial charge in [0, 0.05) is 17.6 Å². The minimum Gasteiger partial charge on any atom is -0.497 e. The van der Waals surface area contributed by atoms with Gasteiger partial charge in [0.15, 0.2) is 0 Å². The lowest BCUT2D eigenvalue weighted by molar-refractivity contribution is 0.0999. The maximum Gasteiger partial charge on any atom is 0.293 e. The van der Waals surface area contributed by atoms with Gasteiger partial charge in [-0.1, -0.05) is 54.6 Å². The number of carbonyl (C=O) groups is 1. The number of para-hydroxylation sites is 1. The summed E-state index contributed by atoms with van der Waals surface area (Å²) in [5.41, 5.74) is 3.12. The molecule has 5 nitrogen and oxygen atoms in total. The lowest BCUT2D eigenvalue weighted by Crippen LogP contribution is -2.13. The quantitative estimate of drug-likeness (QED) is 0.412. The van der Waals surface area contributed by atoms with Crippen molar-refractivity contribution in [2.45, 2.75) is 0 Å². The van der Waals surface area contributed by atoms with Crippen LogP contribution in [0.2, 0.25) is 0 Å². The molecule has 3 aromatic carbocycles. The normalized spacial score (nSPS) is 11.0. The molecule has 0 aliphatic heterocycles. The van der Waals surface area contributed by atoms with Gasteiger partial charge in [0.1, 0.15) is 11.3 Å². The molecule has 0 unspecified atom stereocenters. The Labute approximate surface area is 175 Å². The topological polar surface area (TPSA) is 63.5 Å². The van der Waals surface area contributed by atoms with Crippen LogP contribution in [0.4, 0.5) is 11.4 Å². The number of benzene rings is 3. The number of hydrogen-bond donors (Lipinski definition) is 2. The molecule has 4 rings (SSSR count). The first-order valence-electron chi connectivity index (χ1n) is 9.67. The number of ether oxygens (including phenoxy) is 1. The third kappa shape index (κ3) is 4.36. The number of anilines is 2. The second-order valence-electron chi connectivity index (χ2n) is 6.68. The molecule has 0 radical (unpaired) electrons. The maximum atomic E-state index is 12.9. The molecular formula is C25H22N2O3. The van der Waals surface area contributed by atoms with E-state index in [1.165, 1.54) is 0 Å². The van der Waals surface area contributed by atoms with E-state index in [4.69, 9.17) is 9.15 Å². The van der Waals surface area contributed by atoms with Crippen molar-refractivity contribution in [3.63, 3.8) is 0 Å². The minimum atomic E-state index is -0.314. The van der Waals surface area contributed by atoms with Gasteiger partial charge in [-0.3, -0.25) is 4.79 Å². The van der Waals surface area contributed by atoms with E-state index in [-0.39, 0.29) is 11.7 Å². The van der Waals surface area contributed by atoms with Crippen LogP contribution in [0.15, 0.2) is 89.4 Å². The summed E-state index contributed by atoms with van der Waals surface area (Å²) >= 11 is 0. The molecule has 0 aliphatic rings. The Morgan fingerprint density at radius 3 is 2.47 bits per heavy atom. The van der Waals surface area contributed by atoms with Gasteiger partial charge in [-0.25, -0.2) is 0 Å². The van der Waals surface area contributed by atoms with Crippen LogP contribution >= 0.6 is 0 Å². The van der Waals surface area contributed by atoms with Gasteiger partial charge in [0.2, 0.25) is 5.76 Å². The predicted molar refractivity (Wildman–Crippen MR) is 121 cm³/mol. The average molecular weight is 398 g/mol. The molecule has 1 heterocycles. The first-order chi connectivity index (χ1) is 14.7. The number of nitrogens with one attached hydrogen (secondary N) is 2. The highest BCUT2D eigenvalue weighted by Gasteiger charge is 2.20. The zero-order chi connectivity index (χ0) is 20.8. The number of methoxy groups -OCH3 is 1. The first kappa shape index (κ1) is 19.3. The minimum absolute atomic E-state index is 0.250. The van der Waals surface area contributed by atoms with Crippen molar-refractivity contribution in [3.05, 3.63) is 96.3 Å². The van der Waals surface area contributed by atoms with E-state index < -0.39 is 0 Å². The summed E-state index contributed by atoms with van der Waals surface area (Å²) in [6.45, 7) is 0.557. The van der Waals surface area contributed by atoms with Gasteiger partial charge in [-0.15, -0.1) is 0 Å². The Morgan fingerprint density at radius 1 is 0.967 bits per heavy atom. The Kier molecular flexibility index (Phi) is 5.80. The van der Waals surface area contributed by atoms with Crippen LogP contribution < -0.4 is 15.4 Å². The zero-order valence-corrected chi connectivity index (χ0v) is 16.6. The van der Waals surface area contributed by atoms with Crippen molar-refractivity contribution < 1.29 is 13.9 Å². The molecule has 0 fully saturated rings. The zero-order valence-electron chi connectivity index (χ0n) is 16.6. The molecule has 0 atom stereocenters. The van der Waals surface area contributed by atoms with Crippen molar-refractivity contribution in [1.29, 1.82) is 0 Å². The highest BCUT2D eigenvalue weighted by molar-refractivity contribution is 6.11. The second kappa shape index (κ2) is 9.01. The van der Waals surface area contributed by atoms with Crippen LogP contribution in [0.5, 0.6) is 5.75 Å². The van der Waals surface area contributed by atoms with Crippen LogP contribution in [-0.2, 0) is 0 Å². The van der Waals surface area contributed by atoms with Crippen molar-refractivity contribution in [3.8, 4) is 5.75 Å². The molecule has 30 heavy (non-hydrogen) atoms. The second-order valence-corrected chi connectivity index (χ2v) is 6.68. The van der Waals surface area contributed by atoms with E-state index in [0.29, 0.717) is 23.5 Å². The summed E-state index contributed by atoms with van der Waals surface area (Å²) in [6, 6.07) is 24.8. The van der Waals surface area contributed by atoms with Crippen LogP contribution in [0.25, 0.3) is 17.0 Å². The van der Waals surface area contributed by atoms with E-state index in [1.807, 2.05) is 66.7 Å². The monoisotopic (exact) mass is 398 g/mol. The van der Waals surface area contributed by atoms with Crippen LogP contribution in [0, 0.1) is 0 Å². The number of fused-ring (bicyclic) bond motifs is 1. The average Bonchev–Trinajstić information content (AvgIpc) is 3.17. The molecule has 0 saturated heterocycles. The first-order valence-corrected chi connectivity index (χ1v) is 9.67.